The van der Waals surface area contributed by atoms with Crippen LogP contribution in [-0.2, 0) is 10.3 Å². The largest absolute Gasteiger partial charge is 0.365 e. The molecule has 10 aromatic rings. The van der Waals surface area contributed by atoms with Gasteiger partial charge in [0.1, 0.15) is 5.60 Å². The summed E-state index contributed by atoms with van der Waals surface area (Å²) in [6.45, 7) is 0.730. The highest BCUT2D eigenvalue weighted by Gasteiger charge is 2.40. The third-order valence-corrected chi connectivity index (χ3v) is 12.1. The van der Waals surface area contributed by atoms with Crippen molar-refractivity contribution in [1.82, 2.24) is 0 Å². The molecule has 11 rings (SSSR count). The Morgan fingerprint density at radius 2 is 0.685 bits per heavy atom. The predicted molar refractivity (Wildman–Crippen MR) is 229 cm³/mol. The van der Waals surface area contributed by atoms with E-state index in [9.17, 15) is 0 Å². The molecule has 0 spiro atoms. The van der Waals surface area contributed by atoms with Crippen LogP contribution in [0, 0.1) is 0 Å². The second kappa shape index (κ2) is 12.4. The van der Waals surface area contributed by atoms with Crippen molar-refractivity contribution >= 4 is 64.6 Å². The van der Waals surface area contributed by atoms with Crippen LogP contribution in [0.3, 0.4) is 0 Å². The Labute approximate surface area is 315 Å². The van der Waals surface area contributed by atoms with Gasteiger partial charge in [-0.25, -0.2) is 0 Å². The van der Waals surface area contributed by atoms with Crippen molar-refractivity contribution in [2.75, 3.05) is 6.61 Å². The summed E-state index contributed by atoms with van der Waals surface area (Å²) in [5, 5.41) is 15.2. The molecule has 10 aromatic carbocycles. The quantitative estimate of drug-likeness (QED) is 0.167. The first kappa shape index (κ1) is 31.3. The maximum Gasteiger partial charge on any atom is 0.119 e. The van der Waals surface area contributed by atoms with Gasteiger partial charge in [0.15, 0.2) is 0 Å². The first-order valence-electron chi connectivity index (χ1n) is 19.3. The average Bonchev–Trinajstić information content (AvgIpc) is 3.24. The van der Waals surface area contributed by atoms with Crippen molar-refractivity contribution in [3.05, 3.63) is 193 Å². The maximum atomic E-state index is 7.23. The molecule has 1 heterocycles. The molecule has 0 amide bonds. The van der Waals surface area contributed by atoms with Gasteiger partial charge in [-0.2, -0.15) is 0 Å². The molecule has 0 radical (unpaired) electrons. The molecule has 1 saturated heterocycles. The lowest BCUT2D eigenvalue weighted by molar-refractivity contribution is -0.0513. The highest BCUT2D eigenvalue weighted by atomic mass is 16.5. The van der Waals surface area contributed by atoms with Crippen LogP contribution in [0.25, 0.3) is 86.9 Å². The van der Waals surface area contributed by atoms with Crippen molar-refractivity contribution in [2.45, 2.75) is 24.9 Å². The Morgan fingerprint density at radius 1 is 0.333 bits per heavy atom. The minimum absolute atomic E-state index is 0.601. The molecule has 0 aromatic heterocycles. The summed E-state index contributed by atoms with van der Waals surface area (Å²) in [5.74, 6) is 0. The number of hydrogen-bond donors (Lipinski definition) is 0. The van der Waals surface area contributed by atoms with E-state index in [1.807, 2.05) is 0 Å². The Kier molecular flexibility index (Phi) is 7.18. The molecule has 0 saturated carbocycles. The monoisotopic (exact) mass is 690 g/mol. The first-order valence-corrected chi connectivity index (χ1v) is 19.3. The fraction of sp³-hybridized carbons (Fsp3) is 0.0943. The van der Waals surface area contributed by atoms with E-state index >= 15 is 0 Å². The summed E-state index contributed by atoms with van der Waals surface area (Å²) in [7, 11) is 0. The van der Waals surface area contributed by atoms with Crippen LogP contribution in [0.4, 0.5) is 0 Å². The summed E-state index contributed by atoms with van der Waals surface area (Å²) in [6.07, 6.45) is 3.10. The van der Waals surface area contributed by atoms with E-state index in [2.05, 4.69) is 182 Å². The fourth-order valence-corrected chi connectivity index (χ4v) is 9.71. The smallest absolute Gasteiger partial charge is 0.119 e. The predicted octanol–water partition coefficient (Wildman–Crippen LogP) is 14.4. The normalized spacial score (nSPS) is 14.4. The van der Waals surface area contributed by atoms with Crippen molar-refractivity contribution in [3.63, 3.8) is 0 Å². The van der Waals surface area contributed by atoms with E-state index in [0.717, 1.165) is 25.9 Å². The van der Waals surface area contributed by atoms with Gasteiger partial charge in [-0.05, 0) is 129 Å². The maximum absolute atomic E-state index is 7.23. The first-order chi connectivity index (χ1) is 26.8. The Balaban J connectivity index is 1.18. The third-order valence-electron chi connectivity index (χ3n) is 12.1. The molecule has 1 heteroatoms. The molecule has 0 aliphatic carbocycles. The molecule has 0 atom stereocenters. The van der Waals surface area contributed by atoms with Crippen LogP contribution >= 0.6 is 0 Å². The van der Waals surface area contributed by atoms with Crippen LogP contribution < -0.4 is 0 Å². The van der Waals surface area contributed by atoms with Gasteiger partial charge in [0, 0.05) is 6.61 Å². The van der Waals surface area contributed by atoms with Gasteiger partial charge in [-0.15, -0.1) is 0 Å². The second-order valence-corrected chi connectivity index (χ2v) is 14.9. The van der Waals surface area contributed by atoms with Gasteiger partial charge in [0.2, 0.25) is 0 Å². The summed E-state index contributed by atoms with van der Waals surface area (Å²) >= 11 is 0. The van der Waals surface area contributed by atoms with E-state index in [-0.39, 0.29) is 0 Å². The van der Waals surface area contributed by atoms with Crippen molar-refractivity contribution in [2.24, 2.45) is 0 Å². The zero-order chi connectivity index (χ0) is 35.6. The van der Waals surface area contributed by atoms with Crippen molar-refractivity contribution in [3.8, 4) is 22.3 Å². The Hall–Kier alpha value is -6.28. The zero-order valence-corrected chi connectivity index (χ0v) is 30.1. The van der Waals surface area contributed by atoms with Crippen LogP contribution in [0.15, 0.2) is 182 Å². The SMILES string of the molecule is c1ccc2c(-c3ccc(C4(c5ccc(-c6c7ccccc7cc7ccccc67)c6ccccc56)CCCCO4)c4ccccc34)c3ccccc3cc2c1. The van der Waals surface area contributed by atoms with Gasteiger partial charge in [-0.1, -0.05) is 170 Å². The molecule has 1 aliphatic rings. The van der Waals surface area contributed by atoms with Gasteiger partial charge in [0.05, 0.1) is 0 Å². The van der Waals surface area contributed by atoms with Gasteiger partial charge < -0.3 is 4.74 Å². The molecule has 0 N–H and O–H groups in total. The molecule has 1 aliphatic heterocycles. The molecule has 0 bridgehead atoms. The van der Waals surface area contributed by atoms with Gasteiger partial charge >= 0.3 is 0 Å². The lowest BCUT2D eigenvalue weighted by Gasteiger charge is -2.40. The van der Waals surface area contributed by atoms with Crippen LogP contribution in [-0.4, -0.2) is 6.61 Å². The fourth-order valence-electron chi connectivity index (χ4n) is 9.71. The number of ether oxygens (including phenoxy) is 1. The topological polar surface area (TPSA) is 9.23 Å². The summed E-state index contributed by atoms with van der Waals surface area (Å²) in [4.78, 5) is 0. The third kappa shape index (κ3) is 4.68. The van der Waals surface area contributed by atoms with Gasteiger partial charge in [0.25, 0.3) is 0 Å². The molecule has 1 fully saturated rings. The van der Waals surface area contributed by atoms with Crippen LogP contribution in [0.5, 0.6) is 0 Å². The standard InChI is InChI=1S/C53H38O/c1-5-19-39-35(15-1)33-36-16-2-6-20-40(36)51(39)47-27-29-49(45-25-11-9-23-43(45)47)53(31-13-14-32-54-53)50-30-28-48(44-24-10-12-26-46(44)50)52-41-21-7-3-17-37(41)34-38-18-4-8-22-42(38)52/h1-12,15-30,33-34H,13-14,31-32H2. The molecular weight excluding hydrogens is 653 g/mol. The molecule has 256 valence electrons. The lowest BCUT2D eigenvalue weighted by atomic mass is 9.75. The van der Waals surface area contributed by atoms with E-state index < -0.39 is 5.60 Å². The molecule has 0 unspecified atom stereocenters. The van der Waals surface area contributed by atoms with Crippen molar-refractivity contribution < 1.29 is 4.74 Å². The number of benzene rings is 10. The Morgan fingerprint density at radius 3 is 1.06 bits per heavy atom. The van der Waals surface area contributed by atoms with Crippen LogP contribution in [0.1, 0.15) is 30.4 Å². The lowest BCUT2D eigenvalue weighted by Crippen LogP contribution is -2.35. The van der Waals surface area contributed by atoms with Gasteiger partial charge in [-0.3, -0.25) is 0 Å². The second-order valence-electron chi connectivity index (χ2n) is 14.9. The number of fused-ring (bicyclic) bond motifs is 6. The highest BCUT2D eigenvalue weighted by Crippen LogP contribution is 2.50. The van der Waals surface area contributed by atoms with Crippen LogP contribution in [0.2, 0.25) is 0 Å². The zero-order valence-electron chi connectivity index (χ0n) is 30.1. The number of hydrogen-bond acceptors (Lipinski definition) is 1. The summed E-state index contributed by atoms with van der Waals surface area (Å²) < 4.78 is 7.23. The van der Waals surface area contributed by atoms with E-state index in [4.69, 9.17) is 4.74 Å². The van der Waals surface area contributed by atoms with E-state index in [1.54, 1.807) is 0 Å². The number of rotatable bonds is 4. The highest BCUT2D eigenvalue weighted by molar-refractivity contribution is 6.19. The van der Waals surface area contributed by atoms with E-state index in [0.29, 0.717) is 0 Å². The van der Waals surface area contributed by atoms with E-state index in [1.165, 1.54) is 98.0 Å². The minimum Gasteiger partial charge on any atom is -0.365 e. The Bertz CT molecular complexity index is 2780. The summed E-state index contributed by atoms with van der Waals surface area (Å²) in [6, 6.07) is 67.5. The molecule has 1 nitrogen and oxygen atoms in total. The molecule has 54 heavy (non-hydrogen) atoms. The molecular formula is C53H38O. The summed E-state index contributed by atoms with van der Waals surface area (Å²) in [5.41, 5.74) is 7.01. The average molecular weight is 691 g/mol. The van der Waals surface area contributed by atoms with Crippen molar-refractivity contribution in [1.29, 1.82) is 0 Å². The minimum atomic E-state index is -0.601.